The number of rotatable bonds is 4. The monoisotopic (exact) mass is 323 g/mol. The molecule has 0 spiro atoms. The van der Waals surface area contributed by atoms with Gasteiger partial charge in [-0.2, -0.15) is 4.37 Å². The van der Waals surface area contributed by atoms with Crippen molar-refractivity contribution in [2.24, 2.45) is 0 Å². The van der Waals surface area contributed by atoms with Crippen LogP contribution in [0.2, 0.25) is 0 Å². The van der Waals surface area contributed by atoms with Crippen molar-refractivity contribution in [1.29, 1.82) is 0 Å². The predicted molar refractivity (Wildman–Crippen MR) is 86.9 cm³/mol. The molecule has 0 aliphatic carbocycles. The third-order valence-electron chi connectivity index (χ3n) is 3.52. The van der Waals surface area contributed by atoms with E-state index in [-0.39, 0.29) is 24.2 Å². The Bertz CT molecular complexity index is 582. The average Bonchev–Trinajstić information content (AvgIpc) is 2.97. The van der Waals surface area contributed by atoms with Crippen LogP contribution in [-0.2, 0) is 11.2 Å². The fourth-order valence-electron chi connectivity index (χ4n) is 2.43. The van der Waals surface area contributed by atoms with Crippen molar-refractivity contribution in [3.8, 4) is 11.4 Å². The number of halogens is 1. The molecule has 0 radical (unpaired) electrons. The summed E-state index contributed by atoms with van der Waals surface area (Å²) in [6.07, 6.45) is 3.64. The normalized spacial score (nSPS) is 18.0. The van der Waals surface area contributed by atoms with Crippen LogP contribution in [-0.4, -0.2) is 27.7 Å². The number of carbonyl (C=O) groups is 1. The number of hydrogen-bond donors (Lipinski definition) is 1. The van der Waals surface area contributed by atoms with E-state index in [0.29, 0.717) is 6.42 Å². The van der Waals surface area contributed by atoms with Crippen molar-refractivity contribution >= 4 is 29.7 Å². The van der Waals surface area contributed by atoms with Crippen LogP contribution >= 0.6 is 23.9 Å². The molecular weight excluding hydrogens is 306 g/mol. The van der Waals surface area contributed by atoms with E-state index in [1.54, 1.807) is 0 Å². The van der Waals surface area contributed by atoms with E-state index in [0.717, 1.165) is 35.8 Å². The first-order chi connectivity index (χ1) is 9.83. The van der Waals surface area contributed by atoms with Crippen molar-refractivity contribution in [1.82, 2.24) is 14.7 Å². The van der Waals surface area contributed by atoms with Crippen molar-refractivity contribution in [2.75, 3.05) is 6.54 Å². The van der Waals surface area contributed by atoms with Gasteiger partial charge >= 0.3 is 0 Å². The van der Waals surface area contributed by atoms with Crippen LogP contribution in [0.3, 0.4) is 0 Å². The number of carbonyl (C=O) groups excluding carboxylic acids is 1. The lowest BCUT2D eigenvalue weighted by Crippen LogP contribution is -2.41. The number of benzene rings is 1. The van der Waals surface area contributed by atoms with E-state index in [1.165, 1.54) is 18.0 Å². The summed E-state index contributed by atoms with van der Waals surface area (Å²) < 4.78 is 4.34. The molecule has 21 heavy (non-hydrogen) atoms. The van der Waals surface area contributed by atoms with Crippen molar-refractivity contribution < 1.29 is 4.79 Å². The minimum absolute atomic E-state index is 0. The highest BCUT2D eigenvalue weighted by atomic mass is 35.5. The topological polar surface area (TPSA) is 54.9 Å². The Kier molecular flexibility index (Phi) is 5.85. The quantitative estimate of drug-likeness (QED) is 0.940. The molecule has 1 aliphatic heterocycles. The van der Waals surface area contributed by atoms with Gasteiger partial charge in [-0.15, -0.1) is 12.4 Å². The Morgan fingerprint density at radius 1 is 1.29 bits per heavy atom. The van der Waals surface area contributed by atoms with Gasteiger partial charge in [-0.1, -0.05) is 36.8 Å². The fraction of sp³-hybridized carbons (Fsp3) is 0.400. The number of hydrogen-bond acceptors (Lipinski definition) is 5. The Hall–Kier alpha value is -1.30. The molecule has 0 bridgehead atoms. The van der Waals surface area contributed by atoms with Crippen LogP contribution in [0, 0.1) is 0 Å². The molecule has 1 N–H and O–H groups in total. The number of nitrogens with zero attached hydrogens (tertiary/aromatic N) is 2. The molecule has 2 heterocycles. The summed E-state index contributed by atoms with van der Waals surface area (Å²) in [6.45, 7) is 0.946. The minimum atomic E-state index is 0. The van der Waals surface area contributed by atoms with Gasteiger partial charge in [0.15, 0.2) is 11.6 Å². The van der Waals surface area contributed by atoms with Crippen LogP contribution in [0.25, 0.3) is 11.4 Å². The summed E-state index contributed by atoms with van der Waals surface area (Å²) in [7, 11) is 0. The first-order valence-electron chi connectivity index (χ1n) is 6.97. The highest BCUT2D eigenvalue weighted by Gasteiger charge is 2.21. The molecule has 3 rings (SSSR count). The standard InChI is InChI=1S/C15H17N3OS.ClH/c19-13(12-8-4-5-9-16-12)10-14-17-15(18-20-14)11-6-2-1-3-7-11;/h1-3,6-7,12,16H,4-5,8-10H2;1H/t12-;/m0./s1. The number of aromatic nitrogens is 2. The first kappa shape index (κ1) is 16.1. The van der Waals surface area contributed by atoms with Crippen molar-refractivity contribution in [3.63, 3.8) is 0 Å². The second kappa shape index (κ2) is 7.64. The largest absolute Gasteiger partial charge is 0.307 e. The Morgan fingerprint density at radius 2 is 2.10 bits per heavy atom. The van der Waals surface area contributed by atoms with Gasteiger partial charge in [-0.05, 0) is 30.9 Å². The SMILES string of the molecule is Cl.O=C(Cc1nc(-c2ccccc2)ns1)[C@@H]1CCCCN1. The van der Waals surface area contributed by atoms with Crippen LogP contribution < -0.4 is 5.32 Å². The van der Waals surface area contributed by atoms with Gasteiger partial charge in [0.2, 0.25) is 0 Å². The molecule has 0 saturated carbocycles. The smallest absolute Gasteiger partial charge is 0.173 e. The second-order valence-electron chi connectivity index (χ2n) is 5.02. The summed E-state index contributed by atoms with van der Waals surface area (Å²) in [6, 6.07) is 9.87. The highest BCUT2D eigenvalue weighted by Crippen LogP contribution is 2.19. The minimum Gasteiger partial charge on any atom is -0.307 e. The van der Waals surface area contributed by atoms with Gasteiger partial charge in [0, 0.05) is 5.56 Å². The molecule has 1 aliphatic rings. The summed E-state index contributed by atoms with van der Waals surface area (Å²) in [5.41, 5.74) is 0.998. The fourth-order valence-corrected chi connectivity index (χ4v) is 3.10. The molecule has 1 atom stereocenters. The van der Waals surface area contributed by atoms with Gasteiger partial charge in [-0.3, -0.25) is 4.79 Å². The van der Waals surface area contributed by atoms with Crippen LogP contribution in [0.5, 0.6) is 0 Å². The Labute approximate surface area is 134 Å². The number of ketones is 1. The molecule has 4 nitrogen and oxygen atoms in total. The number of piperidine rings is 1. The summed E-state index contributed by atoms with van der Waals surface area (Å²) in [4.78, 5) is 16.7. The van der Waals surface area contributed by atoms with E-state index in [1.807, 2.05) is 30.3 Å². The van der Waals surface area contributed by atoms with Crippen molar-refractivity contribution in [2.45, 2.75) is 31.7 Å². The van der Waals surface area contributed by atoms with Crippen LogP contribution in [0.1, 0.15) is 24.3 Å². The van der Waals surface area contributed by atoms with Crippen LogP contribution in [0.4, 0.5) is 0 Å². The third-order valence-corrected chi connectivity index (χ3v) is 4.24. The van der Waals surface area contributed by atoms with E-state index in [2.05, 4.69) is 14.7 Å². The maximum atomic E-state index is 12.2. The summed E-state index contributed by atoms with van der Waals surface area (Å²) in [5, 5.41) is 4.09. The van der Waals surface area contributed by atoms with Gasteiger partial charge in [0.05, 0.1) is 12.5 Å². The predicted octanol–water partition coefficient (Wildman–Crippen LogP) is 2.88. The van der Waals surface area contributed by atoms with E-state index >= 15 is 0 Å². The molecule has 1 aromatic heterocycles. The molecule has 0 unspecified atom stereocenters. The number of nitrogens with one attached hydrogen (secondary N) is 1. The maximum Gasteiger partial charge on any atom is 0.173 e. The molecule has 6 heteroatoms. The zero-order chi connectivity index (χ0) is 13.8. The maximum absolute atomic E-state index is 12.2. The lowest BCUT2D eigenvalue weighted by molar-refractivity contribution is -0.120. The van der Waals surface area contributed by atoms with Gasteiger partial charge in [0.25, 0.3) is 0 Å². The average molecular weight is 324 g/mol. The molecule has 112 valence electrons. The first-order valence-corrected chi connectivity index (χ1v) is 7.74. The Morgan fingerprint density at radius 3 is 2.81 bits per heavy atom. The molecule has 2 aromatic rings. The molecular formula is C15H18ClN3OS. The lowest BCUT2D eigenvalue weighted by atomic mass is 9.99. The zero-order valence-electron chi connectivity index (χ0n) is 11.6. The van der Waals surface area contributed by atoms with E-state index in [4.69, 9.17) is 0 Å². The number of Topliss-reactive ketones (excluding diaryl/α,β-unsaturated/α-hetero) is 1. The van der Waals surface area contributed by atoms with Crippen LogP contribution in [0.15, 0.2) is 30.3 Å². The van der Waals surface area contributed by atoms with Gasteiger partial charge in [0.1, 0.15) is 5.01 Å². The lowest BCUT2D eigenvalue weighted by Gasteiger charge is -2.21. The Balaban J connectivity index is 0.00000161. The van der Waals surface area contributed by atoms with E-state index in [9.17, 15) is 4.79 Å². The highest BCUT2D eigenvalue weighted by molar-refractivity contribution is 7.05. The van der Waals surface area contributed by atoms with E-state index < -0.39 is 0 Å². The van der Waals surface area contributed by atoms with Gasteiger partial charge in [-0.25, -0.2) is 4.98 Å². The molecule has 1 fully saturated rings. The van der Waals surface area contributed by atoms with Crippen molar-refractivity contribution in [3.05, 3.63) is 35.3 Å². The van der Waals surface area contributed by atoms with Gasteiger partial charge < -0.3 is 5.32 Å². The summed E-state index contributed by atoms with van der Waals surface area (Å²) in [5.74, 6) is 0.954. The third kappa shape index (κ3) is 4.09. The second-order valence-corrected chi connectivity index (χ2v) is 5.86. The summed E-state index contributed by atoms with van der Waals surface area (Å²) >= 11 is 1.33. The molecule has 0 amide bonds. The zero-order valence-corrected chi connectivity index (χ0v) is 13.3. The molecule has 1 saturated heterocycles. The molecule has 1 aromatic carbocycles.